The van der Waals surface area contributed by atoms with Gasteiger partial charge in [0.25, 0.3) is 0 Å². The molecule has 0 N–H and O–H groups in total. The Hall–Kier alpha value is -1.18. The summed E-state index contributed by atoms with van der Waals surface area (Å²) in [6.07, 6.45) is 9.55. The van der Waals surface area contributed by atoms with Crippen LogP contribution < -0.4 is 0 Å². The Morgan fingerprint density at radius 3 is 2.58 bits per heavy atom. The third-order valence-electron chi connectivity index (χ3n) is 1.37. The maximum Gasteiger partial charge on any atom is 0.0632 e. The Bertz CT molecular complexity index is 210. The number of allylic oxidation sites excluding steroid dienone is 2. The number of rotatable bonds is 4. The predicted octanol–water partition coefficient (Wildman–Crippen LogP) is 2.28. The lowest BCUT2D eigenvalue weighted by Gasteiger charge is -1.93. The highest BCUT2D eigenvalue weighted by atomic mass is 14.7. The van der Waals surface area contributed by atoms with Gasteiger partial charge >= 0.3 is 0 Å². The van der Waals surface area contributed by atoms with E-state index < -0.39 is 0 Å². The lowest BCUT2D eigenvalue weighted by molar-refractivity contribution is 1.18. The average molecular weight is 164 g/mol. The van der Waals surface area contributed by atoms with E-state index in [0.29, 0.717) is 0 Å². The van der Waals surface area contributed by atoms with Crippen molar-refractivity contribution in [1.82, 2.24) is 0 Å². The molecule has 0 bridgehead atoms. The maximum atomic E-state index is 4.13. The Labute approximate surface area is 74.4 Å². The van der Waals surface area contributed by atoms with Crippen molar-refractivity contribution < 1.29 is 0 Å². The number of hydrogen-bond acceptors (Lipinski definition) is 2. The summed E-state index contributed by atoms with van der Waals surface area (Å²) in [6.45, 7) is 4.68. The second-order valence-corrected chi connectivity index (χ2v) is 2.23. The van der Waals surface area contributed by atoms with Crippen LogP contribution >= 0.6 is 0 Å². The molecule has 0 saturated heterocycles. The van der Waals surface area contributed by atoms with Crippen LogP contribution in [-0.4, -0.2) is 26.0 Å². The van der Waals surface area contributed by atoms with E-state index in [1.54, 1.807) is 13.3 Å². The molecule has 0 spiro atoms. The molecule has 0 fully saturated rings. The molecule has 2 heteroatoms. The zero-order chi connectivity index (χ0) is 9.23. The summed E-state index contributed by atoms with van der Waals surface area (Å²) in [5.41, 5.74) is 1.20. The molecule has 0 unspecified atom stereocenters. The van der Waals surface area contributed by atoms with Crippen molar-refractivity contribution in [3.05, 3.63) is 23.8 Å². The number of nitrogens with zero attached hydrogens (tertiary/aromatic N) is 2. The van der Waals surface area contributed by atoms with Crippen LogP contribution in [0.3, 0.4) is 0 Å². The van der Waals surface area contributed by atoms with Crippen LogP contribution in [0.4, 0.5) is 0 Å². The van der Waals surface area contributed by atoms with Gasteiger partial charge in [-0.25, -0.2) is 0 Å². The van der Waals surface area contributed by atoms with Crippen LogP contribution in [0.1, 0.15) is 13.8 Å². The SMILES string of the molecule is C/C=N/CC(/C=C\C=N\C)=C/C. The van der Waals surface area contributed by atoms with Crippen LogP contribution in [0.15, 0.2) is 33.8 Å². The second kappa shape index (κ2) is 7.92. The molecule has 12 heavy (non-hydrogen) atoms. The van der Waals surface area contributed by atoms with E-state index in [-0.39, 0.29) is 0 Å². The van der Waals surface area contributed by atoms with Gasteiger partial charge in [0.15, 0.2) is 0 Å². The minimum atomic E-state index is 0.751. The van der Waals surface area contributed by atoms with Gasteiger partial charge in [-0.2, -0.15) is 0 Å². The van der Waals surface area contributed by atoms with Gasteiger partial charge < -0.3 is 0 Å². The molecule has 0 aromatic rings. The van der Waals surface area contributed by atoms with Gasteiger partial charge in [0.1, 0.15) is 0 Å². The maximum absolute atomic E-state index is 4.13. The fourth-order valence-electron chi connectivity index (χ4n) is 0.690. The molecule has 0 saturated carbocycles. The van der Waals surface area contributed by atoms with E-state index >= 15 is 0 Å². The molecule has 0 heterocycles. The van der Waals surface area contributed by atoms with E-state index in [4.69, 9.17) is 0 Å². The average Bonchev–Trinajstić information content (AvgIpc) is 2.11. The number of aliphatic imine (C=N–C) groups is 2. The van der Waals surface area contributed by atoms with Crippen molar-refractivity contribution in [3.8, 4) is 0 Å². The number of hydrogen-bond donors (Lipinski definition) is 0. The first kappa shape index (κ1) is 10.8. The molecule has 0 radical (unpaired) electrons. The monoisotopic (exact) mass is 164 g/mol. The molecule has 0 aliphatic carbocycles. The summed E-state index contributed by atoms with van der Waals surface area (Å²) in [6, 6.07) is 0. The Kier molecular flexibility index (Phi) is 7.14. The van der Waals surface area contributed by atoms with Gasteiger partial charge in [-0.15, -0.1) is 0 Å². The summed E-state index contributed by atoms with van der Waals surface area (Å²) < 4.78 is 0. The normalized spacial score (nSPS) is 14.1. The highest BCUT2D eigenvalue weighted by molar-refractivity contribution is 5.71. The summed E-state index contributed by atoms with van der Waals surface area (Å²) in [7, 11) is 1.75. The van der Waals surface area contributed by atoms with Crippen molar-refractivity contribution in [1.29, 1.82) is 0 Å². The largest absolute Gasteiger partial charge is 0.297 e. The Morgan fingerprint density at radius 2 is 2.08 bits per heavy atom. The van der Waals surface area contributed by atoms with Crippen molar-refractivity contribution in [3.63, 3.8) is 0 Å². The minimum absolute atomic E-state index is 0.751. The van der Waals surface area contributed by atoms with Crippen molar-refractivity contribution in [2.75, 3.05) is 13.6 Å². The topological polar surface area (TPSA) is 24.7 Å². The quantitative estimate of drug-likeness (QED) is 0.450. The second-order valence-electron chi connectivity index (χ2n) is 2.23. The molecule has 0 aromatic heterocycles. The third-order valence-corrected chi connectivity index (χ3v) is 1.37. The molecule has 0 aromatic carbocycles. The summed E-state index contributed by atoms with van der Waals surface area (Å²) in [4.78, 5) is 7.98. The van der Waals surface area contributed by atoms with Crippen molar-refractivity contribution >= 4 is 12.4 Å². The molecule has 66 valence electrons. The lowest BCUT2D eigenvalue weighted by Crippen LogP contribution is -1.84. The molecular formula is C10H16N2. The van der Waals surface area contributed by atoms with Gasteiger partial charge in [-0.3, -0.25) is 9.98 Å². The van der Waals surface area contributed by atoms with Gasteiger partial charge in [0.2, 0.25) is 0 Å². The lowest BCUT2D eigenvalue weighted by atomic mass is 10.2. The third kappa shape index (κ3) is 5.59. The fraction of sp³-hybridized carbons (Fsp3) is 0.400. The predicted molar refractivity (Wildman–Crippen MR) is 56.3 cm³/mol. The van der Waals surface area contributed by atoms with Crippen molar-refractivity contribution in [2.45, 2.75) is 13.8 Å². The van der Waals surface area contributed by atoms with Crippen LogP contribution in [0, 0.1) is 0 Å². The molecule has 0 atom stereocenters. The van der Waals surface area contributed by atoms with Crippen LogP contribution in [0.25, 0.3) is 0 Å². The first-order valence-electron chi connectivity index (χ1n) is 4.03. The summed E-state index contributed by atoms with van der Waals surface area (Å²) >= 11 is 0. The zero-order valence-corrected chi connectivity index (χ0v) is 7.99. The highest BCUT2D eigenvalue weighted by Gasteiger charge is 1.84. The molecule has 0 rings (SSSR count). The smallest absolute Gasteiger partial charge is 0.0632 e. The van der Waals surface area contributed by atoms with Gasteiger partial charge in [-0.05, 0) is 31.7 Å². The van der Waals surface area contributed by atoms with Gasteiger partial charge in [-0.1, -0.05) is 12.2 Å². The standard InChI is InChI=1S/C10H16N2/c1-4-10(9-12-5-2)7-6-8-11-3/h4-8H,9H2,1-3H3/b7-6-,10-4+,11-8+,12-5+. The van der Waals surface area contributed by atoms with Gasteiger partial charge in [0.05, 0.1) is 6.54 Å². The first-order chi connectivity index (χ1) is 5.85. The zero-order valence-electron chi connectivity index (χ0n) is 7.99. The van der Waals surface area contributed by atoms with Crippen LogP contribution in [0.2, 0.25) is 0 Å². The van der Waals surface area contributed by atoms with Crippen LogP contribution in [-0.2, 0) is 0 Å². The van der Waals surface area contributed by atoms with Crippen LogP contribution in [0.5, 0.6) is 0 Å². The Morgan fingerprint density at radius 1 is 1.33 bits per heavy atom. The molecule has 0 amide bonds. The Balaban J connectivity index is 4.01. The fourth-order valence-corrected chi connectivity index (χ4v) is 0.690. The van der Waals surface area contributed by atoms with E-state index in [2.05, 4.69) is 9.98 Å². The van der Waals surface area contributed by atoms with E-state index in [0.717, 1.165) is 6.54 Å². The molecule has 0 aliphatic heterocycles. The van der Waals surface area contributed by atoms with Crippen molar-refractivity contribution in [2.24, 2.45) is 9.98 Å². The van der Waals surface area contributed by atoms with E-state index in [1.165, 1.54) is 5.57 Å². The molecule has 2 nitrogen and oxygen atoms in total. The molecular weight excluding hydrogens is 148 g/mol. The molecule has 0 aliphatic rings. The first-order valence-corrected chi connectivity index (χ1v) is 4.03. The summed E-state index contributed by atoms with van der Waals surface area (Å²) in [5, 5.41) is 0. The van der Waals surface area contributed by atoms with E-state index in [9.17, 15) is 0 Å². The van der Waals surface area contributed by atoms with E-state index in [1.807, 2.05) is 38.3 Å². The van der Waals surface area contributed by atoms with Gasteiger partial charge in [0, 0.05) is 13.3 Å². The summed E-state index contributed by atoms with van der Waals surface area (Å²) in [5.74, 6) is 0. The highest BCUT2D eigenvalue weighted by Crippen LogP contribution is 1.96. The minimum Gasteiger partial charge on any atom is -0.297 e.